The fourth-order valence-electron chi connectivity index (χ4n) is 1.59. The largest absolute Gasteiger partial charge is 0.462 e. The molecular formula is C14H26O2. The van der Waals surface area contributed by atoms with Gasteiger partial charge >= 0.3 is 5.97 Å². The monoisotopic (exact) mass is 226 g/mol. The van der Waals surface area contributed by atoms with E-state index in [0.717, 1.165) is 6.42 Å². The van der Waals surface area contributed by atoms with Gasteiger partial charge in [-0.05, 0) is 25.8 Å². The normalized spacial score (nSPS) is 11.6. The number of hydrogen-bond acceptors (Lipinski definition) is 2. The molecule has 0 aromatic heterocycles. The van der Waals surface area contributed by atoms with E-state index in [1.54, 1.807) is 0 Å². The summed E-state index contributed by atoms with van der Waals surface area (Å²) in [5.41, 5.74) is 1.33. The van der Waals surface area contributed by atoms with Crippen LogP contribution in [0.1, 0.15) is 65.7 Å². The molecule has 0 unspecified atom stereocenters. The second-order valence-corrected chi connectivity index (χ2v) is 4.37. The summed E-state index contributed by atoms with van der Waals surface area (Å²) in [6.45, 7) is 6.21. The van der Waals surface area contributed by atoms with Crippen LogP contribution in [-0.2, 0) is 9.53 Å². The van der Waals surface area contributed by atoms with Crippen LogP contribution < -0.4 is 0 Å². The van der Waals surface area contributed by atoms with Crippen molar-refractivity contribution in [2.45, 2.75) is 65.7 Å². The summed E-state index contributed by atoms with van der Waals surface area (Å²) in [5.74, 6) is -0.205. The molecule has 0 saturated carbocycles. The van der Waals surface area contributed by atoms with E-state index in [-0.39, 0.29) is 5.97 Å². The molecular weight excluding hydrogens is 200 g/mol. The van der Waals surface area contributed by atoms with Gasteiger partial charge in [0.1, 0.15) is 6.61 Å². The van der Waals surface area contributed by atoms with E-state index in [1.807, 2.05) is 6.08 Å². The molecule has 0 rings (SSSR count). The third-order valence-electron chi connectivity index (χ3n) is 2.64. The molecule has 0 amide bonds. The maximum atomic E-state index is 10.5. The fourth-order valence-corrected chi connectivity index (χ4v) is 1.59. The molecule has 16 heavy (non-hydrogen) atoms. The second-order valence-electron chi connectivity index (χ2n) is 4.37. The lowest BCUT2D eigenvalue weighted by Gasteiger charge is -2.02. The zero-order chi connectivity index (χ0) is 12.2. The van der Waals surface area contributed by atoms with Gasteiger partial charge in [0.25, 0.3) is 0 Å². The molecule has 0 aromatic rings. The van der Waals surface area contributed by atoms with E-state index in [4.69, 9.17) is 4.74 Å². The third-order valence-corrected chi connectivity index (χ3v) is 2.64. The van der Waals surface area contributed by atoms with Crippen molar-refractivity contribution in [3.63, 3.8) is 0 Å². The molecule has 0 heterocycles. The highest BCUT2D eigenvalue weighted by atomic mass is 16.5. The van der Waals surface area contributed by atoms with Gasteiger partial charge in [-0.25, -0.2) is 0 Å². The number of hydrogen-bond donors (Lipinski definition) is 0. The molecule has 0 radical (unpaired) electrons. The molecule has 0 fully saturated rings. The van der Waals surface area contributed by atoms with Crippen LogP contribution in [0.15, 0.2) is 11.6 Å². The first-order chi connectivity index (χ1) is 7.66. The Labute approximate surface area is 100 Å². The van der Waals surface area contributed by atoms with Gasteiger partial charge in [-0.15, -0.1) is 0 Å². The minimum absolute atomic E-state index is 0.205. The number of rotatable bonds is 9. The molecule has 0 atom stereocenters. The van der Waals surface area contributed by atoms with Crippen molar-refractivity contribution >= 4 is 5.97 Å². The quantitative estimate of drug-likeness (QED) is 0.334. The van der Waals surface area contributed by atoms with E-state index in [9.17, 15) is 4.79 Å². The van der Waals surface area contributed by atoms with Gasteiger partial charge in [0.05, 0.1) is 0 Å². The van der Waals surface area contributed by atoms with Crippen LogP contribution in [0.4, 0.5) is 0 Å². The van der Waals surface area contributed by atoms with Crippen molar-refractivity contribution in [3.05, 3.63) is 11.6 Å². The summed E-state index contributed by atoms with van der Waals surface area (Å²) in [4.78, 5) is 10.5. The maximum absolute atomic E-state index is 10.5. The summed E-state index contributed by atoms with van der Waals surface area (Å²) in [6, 6.07) is 0. The van der Waals surface area contributed by atoms with Crippen molar-refractivity contribution in [3.8, 4) is 0 Å². The second kappa shape index (κ2) is 10.7. The lowest BCUT2D eigenvalue weighted by Crippen LogP contribution is -1.98. The molecule has 0 saturated heterocycles. The highest BCUT2D eigenvalue weighted by molar-refractivity contribution is 5.66. The first kappa shape index (κ1) is 15.2. The molecule has 0 N–H and O–H groups in total. The SMILES string of the molecule is CCCCCCCC/C(C)=C/COC(C)=O. The lowest BCUT2D eigenvalue weighted by molar-refractivity contribution is -0.139. The van der Waals surface area contributed by atoms with Gasteiger partial charge in [-0.1, -0.05) is 44.6 Å². The van der Waals surface area contributed by atoms with E-state index >= 15 is 0 Å². The minimum atomic E-state index is -0.205. The standard InChI is InChI=1S/C14H26O2/c1-4-5-6-7-8-9-10-13(2)11-12-16-14(3)15/h11H,4-10,12H2,1-3H3/b13-11+. The van der Waals surface area contributed by atoms with Gasteiger partial charge in [0.2, 0.25) is 0 Å². The molecule has 0 bridgehead atoms. The Balaban J connectivity index is 3.35. The molecule has 0 spiro atoms. The summed E-state index contributed by atoms with van der Waals surface area (Å²) < 4.78 is 4.86. The molecule has 0 aromatic carbocycles. The molecule has 0 aliphatic rings. The number of unbranched alkanes of at least 4 members (excludes halogenated alkanes) is 5. The Morgan fingerprint density at radius 3 is 2.31 bits per heavy atom. The van der Waals surface area contributed by atoms with Gasteiger partial charge < -0.3 is 4.74 Å². The van der Waals surface area contributed by atoms with Gasteiger partial charge in [0, 0.05) is 6.92 Å². The van der Waals surface area contributed by atoms with Crippen LogP contribution in [0, 0.1) is 0 Å². The van der Waals surface area contributed by atoms with Crippen LogP contribution in [0.2, 0.25) is 0 Å². The van der Waals surface area contributed by atoms with Gasteiger partial charge in [-0.2, -0.15) is 0 Å². The Kier molecular flexibility index (Phi) is 10.2. The van der Waals surface area contributed by atoms with E-state index in [2.05, 4.69) is 13.8 Å². The molecule has 2 nitrogen and oxygen atoms in total. The van der Waals surface area contributed by atoms with Crippen LogP contribution >= 0.6 is 0 Å². The van der Waals surface area contributed by atoms with Crippen LogP contribution in [0.25, 0.3) is 0 Å². The Bertz CT molecular complexity index is 207. The minimum Gasteiger partial charge on any atom is -0.462 e. The average Bonchev–Trinajstić information content (AvgIpc) is 2.22. The predicted octanol–water partition coefficient (Wildman–Crippen LogP) is 4.25. The number of allylic oxidation sites excluding steroid dienone is 1. The number of carbonyl (C=O) groups is 1. The first-order valence-electron chi connectivity index (χ1n) is 6.45. The average molecular weight is 226 g/mol. The predicted molar refractivity (Wildman–Crippen MR) is 68.4 cm³/mol. The van der Waals surface area contributed by atoms with Crippen molar-refractivity contribution in [2.75, 3.05) is 6.61 Å². The highest BCUT2D eigenvalue weighted by Crippen LogP contribution is 2.11. The zero-order valence-corrected chi connectivity index (χ0v) is 11.1. The fraction of sp³-hybridized carbons (Fsp3) is 0.786. The molecule has 0 aliphatic carbocycles. The topological polar surface area (TPSA) is 26.3 Å². The van der Waals surface area contributed by atoms with E-state index < -0.39 is 0 Å². The summed E-state index contributed by atoms with van der Waals surface area (Å²) >= 11 is 0. The van der Waals surface area contributed by atoms with E-state index in [1.165, 1.54) is 51.0 Å². The molecule has 0 aliphatic heterocycles. The molecule has 2 heteroatoms. The zero-order valence-electron chi connectivity index (χ0n) is 11.1. The smallest absolute Gasteiger partial charge is 0.302 e. The Morgan fingerprint density at radius 1 is 1.06 bits per heavy atom. The van der Waals surface area contributed by atoms with Crippen LogP contribution in [0.3, 0.4) is 0 Å². The highest BCUT2D eigenvalue weighted by Gasteiger charge is 1.94. The van der Waals surface area contributed by atoms with Gasteiger partial charge in [-0.3, -0.25) is 4.79 Å². The first-order valence-corrected chi connectivity index (χ1v) is 6.45. The number of esters is 1. The number of carbonyl (C=O) groups excluding carboxylic acids is 1. The maximum Gasteiger partial charge on any atom is 0.302 e. The van der Waals surface area contributed by atoms with Gasteiger partial charge in [0.15, 0.2) is 0 Å². The summed E-state index contributed by atoms with van der Waals surface area (Å²) in [5, 5.41) is 0. The van der Waals surface area contributed by atoms with Crippen molar-refractivity contribution in [1.29, 1.82) is 0 Å². The summed E-state index contributed by atoms with van der Waals surface area (Å²) in [6.07, 6.45) is 11.1. The van der Waals surface area contributed by atoms with E-state index in [0.29, 0.717) is 6.61 Å². The summed E-state index contributed by atoms with van der Waals surface area (Å²) in [7, 11) is 0. The number of ether oxygens (including phenoxy) is 1. The third kappa shape index (κ3) is 11.3. The van der Waals surface area contributed by atoms with Crippen molar-refractivity contribution in [2.24, 2.45) is 0 Å². The van der Waals surface area contributed by atoms with Crippen molar-refractivity contribution in [1.82, 2.24) is 0 Å². The Hall–Kier alpha value is -0.790. The Morgan fingerprint density at radius 2 is 1.69 bits per heavy atom. The van der Waals surface area contributed by atoms with Crippen LogP contribution in [-0.4, -0.2) is 12.6 Å². The van der Waals surface area contributed by atoms with Crippen molar-refractivity contribution < 1.29 is 9.53 Å². The van der Waals surface area contributed by atoms with Crippen LogP contribution in [0.5, 0.6) is 0 Å². The molecule has 94 valence electrons. The lowest BCUT2D eigenvalue weighted by atomic mass is 10.1.